The normalized spacial score (nSPS) is 33.6. The maximum Gasteiger partial charge on any atom is 0.147 e. The molecule has 2 bridgehead atoms. The van der Waals surface area contributed by atoms with Gasteiger partial charge >= 0.3 is 0 Å². The summed E-state index contributed by atoms with van der Waals surface area (Å²) in [7, 11) is 0. The van der Waals surface area contributed by atoms with Crippen molar-refractivity contribution in [3.63, 3.8) is 0 Å². The first-order chi connectivity index (χ1) is 7.24. The van der Waals surface area contributed by atoms with Crippen LogP contribution in [0.2, 0.25) is 10.2 Å². The van der Waals surface area contributed by atoms with E-state index in [1.807, 2.05) is 12.3 Å². The van der Waals surface area contributed by atoms with Crippen LogP contribution in [0.5, 0.6) is 0 Å². The van der Waals surface area contributed by atoms with Gasteiger partial charge in [-0.1, -0.05) is 23.2 Å². The fourth-order valence-electron chi connectivity index (χ4n) is 2.83. The molecule has 80 valence electrons. The van der Waals surface area contributed by atoms with Crippen molar-refractivity contribution in [2.75, 3.05) is 0 Å². The number of hydrogen-bond donors (Lipinski definition) is 1. The predicted octanol–water partition coefficient (Wildman–Crippen LogP) is 3.00. The number of hydrogen-bond acceptors (Lipinski definition) is 2. The molecular weight excluding hydrogens is 231 g/mol. The van der Waals surface area contributed by atoms with Gasteiger partial charge in [-0.2, -0.15) is 0 Å². The highest BCUT2D eigenvalue weighted by Crippen LogP contribution is 2.40. The van der Waals surface area contributed by atoms with Crippen molar-refractivity contribution in [3.8, 4) is 0 Å². The molecule has 0 radical (unpaired) electrons. The van der Waals surface area contributed by atoms with Gasteiger partial charge in [-0.15, -0.1) is 0 Å². The van der Waals surface area contributed by atoms with E-state index in [2.05, 4.69) is 10.3 Å². The Balaban J connectivity index is 1.90. The summed E-state index contributed by atoms with van der Waals surface area (Å²) in [5.74, 6) is 0.575. The fraction of sp³-hybridized carbons (Fsp3) is 0.545. The van der Waals surface area contributed by atoms with Crippen molar-refractivity contribution in [1.29, 1.82) is 0 Å². The van der Waals surface area contributed by atoms with Gasteiger partial charge in [0.05, 0.1) is 5.02 Å². The van der Waals surface area contributed by atoms with Gasteiger partial charge in [0.2, 0.25) is 0 Å². The molecule has 0 aromatic carbocycles. The van der Waals surface area contributed by atoms with Crippen LogP contribution in [0.25, 0.3) is 0 Å². The molecule has 3 heterocycles. The number of halogens is 2. The summed E-state index contributed by atoms with van der Waals surface area (Å²) in [6.45, 7) is 0. The summed E-state index contributed by atoms with van der Waals surface area (Å²) in [6, 6.07) is 3.28. The smallest absolute Gasteiger partial charge is 0.147 e. The van der Waals surface area contributed by atoms with Crippen LogP contribution in [-0.2, 0) is 0 Å². The Hall–Kier alpha value is -0.310. The van der Waals surface area contributed by atoms with Crippen LogP contribution in [0.4, 0.5) is 0 Å². The maximum absolute atomic E-state index is 5.98. The molecule has 1 aromatic heterocycles. The molecule has 0 saturated carbocycles. The van der Waals surface area contributed by atoms with Gasteiger partial charge < -0.3 is 5.32 Å². The topological polar surface area (TPSA) is 24.9 Å². The van der Waals surface area contributed by atoms with E-state index >= 15 is 0 Å². The van der Waals surface area contributed by atoms with Crippen LogP contribution >= 0.6 is 23.2 Å². The lowest BCUT2D eigenvalue weighted by Crippen LogP contribution is -2.21. The average Bonchev–Trinajstić information content (AvgIpc) is 2.83. The first kappa shape index (κ1) is 9.88. The van der Waals surface area contributed by atoms with Crippen LogP contribution < -0.4 is 5.32 Å². The zero-order chi connectivity index (χ0) is 10.4. The third-order valence-electron chi connectivity index (χ3n) is 3.55. The molecule has 0 aliphatic carbocycles. The van der Waals surface area contributed by atoms with Gasteiger partial charge in [-0.3, -0.25) is 0 Å². The average molecular weight is 243 g/mol. The van der Waals surface area contributed by atoms with Crippen LogP contribution in [-0.4, -0.2) is 17.1 Å². The van der Waals surface area contributed by atoms with Crippen molar-refractivity contribution >= 4 is 23.2 Å². The van der Waals surface area contributed by atoms with E-state index in [1.54, 1.807) is 0 Å². The van der Waals surface area contributed by atoms with Crippen LogP contribution in [0, 0.1) is 0 Å². The standard InChI is InChI=1S/C11H12Cl2N2/c12-9-3-6(5-14-11(9)13)8-4-7-1-2-10(8)15-7/h3,5,7-8,10,15H,1-2,4H2/t7-,8+,10+/m0/s1. The number of fused-ring (bicyclic) bond motifs is 2. The van der Waals surface area contributed by atoms with E-state index in [0.717, 1.165) is 0 Å². The van der Waals surface area contributed by atoms with Crippen molar-refractivity contribution in [2.45, 2.75) is 37.3 Å². The zero-order valence-electron chi connectivity index (χ0n) is 8.21. The number of rotatable bonds is 1. The second kappa shape index (κ2) is 3.62. The largest absolute Gasteiger partial charge is 0.311 e. The molecule has 2 aliphatic heterocycles. The highest BCUT2D eigenvalue weighted by molar-refractivity contribution is 6.41. The number of nitrogens with zero attached hydrogens (tertiary/aromatic N) is 1. The number of pyridine rings is 1. The van der Waals surface area contributed by atoms with Crippen molar-refractivity contribution < 1.29 is 0 Å². The van der Waals surface area contributed by atoms with E-state index in [0.29, 0.717) is 28.2 Å². The van der Waals surface area contributed by atoms with Gasteiger partial charge in [-0.25, -0.2) is 4.98 Å². The SMILES string of the molecule is Clc1cc([C@H]2C[C@@H]3CC[C@H]2N3)cnc1Cl. The molecule has 2 fully saturated rings. The summed E-state index contributed by atoms with van der Waals surface area (Å²) in [4.78, 5) is 4.11. The molecule has 0 unspecified atom stereocenters. The number of nitrogens with one attached hydrogen (secondary N) is 1. The second-order valence-electron chi connectivity index (χ2n) is 4.43. The van der Waals surface area contributed by atoms with Gasteiger partial charge in [0.25, 0.3) is 0 Å². The predicted molar refractivity (Wildman–Crippen MR) is 61.6 cm³/mol. The summed E-state index contributed by atoms with van der Waals surface area (Å²) < 4.78 is 0. The molecule has 2 aliphatic rings. The minimum atomic E-state index is 0.400. The van der Waals surface area contributed by atoms with Crippen LogP contribution in [0.1, 0.15) is 30.7 Å². The zero-order valence-corrected chi connectivity index (χ0v) is 9.72. The first-order valence-corrected chi connectivity index (χ1v) is 6.06. The summed E-state index contributed by atoms with van der Waals surface area (Å²) in [6.07, 6.45) is 5.66. The van der Waals surface area contributed by atoms with Crippen molar-refractivity contribution in [2.24, 2.45) is 0 Å². The van der Waals surface area contributed by atoms with Crippen molar-refractivity contribution in [1.82, 2.24) is 10.3 Å². The minimum Gasteiger partial charge on any atom is -0.311 e. The van der Waals surface area contributed by atoms with E-state index in [4.69, 9.17) is 23.2 Å². The molecule has 4 heteroatoms. The van der Waals surface area contributed by atoms with E-state index in [1.165, 1.54) is 24.8 Å². The van der Waals surface area contributed by atoms with Crippen LogP contribution in [0.15, 0.2) is 12.3 Å². The summed E-state index contributed by atoms with van der Waals surface area (Å²) in [5, 5.41) is 4.57. The lowest BCUT2D eigenvalue weighted by Gasteiger charge is -2.20. The van der Waals surface area contributed by atoms with Gasteiger partial charge in [0, 0.05) is 24.2 Å². The molecular formula is C11H12Cl2N2. The molecule has 3 rings (SSSR count). The summed E-state index contributed by atoms with van der Waals surface area (Å²) in [5.41, 5.74) is 1.23. The Bertz CT molecular complexity index is 394. The Labute approximate surface area is 99.0 Å². The molecule has 0 amide bonds. The van der Waals surface area contributed by atoms with Crippen molar-refractivity contribution in [3.05, 3.63) is 28.0 Å². The third kappa shape index (κ3) is 1.65. The highest BCUT2D eigenvalue weighted by Gasteiger charge is 2.39. The van der Waals surface area contributed by atoms with E-state index in [9.17, 15) is 0 Å². The lowest BCUT2D eigenvalue weighted by atomic mass is 9.85. The maximum atomic E-state index is 5.98. The molecule has 15 heavy (non-hydrogen) atoms. The lowest BCUT2D eigenvalue weighted by molar-refractivity contribution is 0.505. The molecule has 2 saturated heterocycles. The summed E-state index contributed by atoms with van der Waals surface area (Å²) >= 11 is 11.8. The first-order valence-electron chi connectivity index (χ1n) is 5.31. The van der Waals surface area contributed by atoms with Gasteiger partial charge in [0.1, 0.15) is 5.15 Å². The Morgan fingerprint density at radius 2 is 2.20 bits per heavy atom. The van der Waals surface area contributed by atoms with Gasteiger partial charge in [0.15, 0.2) is 0 Å². The molecule has 2 nitrogen and oxygen atoms in total. The highest BCUT2D eigenvalue weighted by atomic mass is 35.5. The molecule has 1 aromatic rings. The molecule has 0 spiro atoms. The van der Waals surface area contributed by atoms with Crippen LogP contribution in [0.3, 0.4) is 0 Å². The quantitative estimate of drug-likeness (QED) is 0.767. The molecule has 3 atom stereocenters. The Morgan fingerprint density at radius 3 is 2.80 bits per heavy atom. The number of aromatic nitrogens is 1. The monoisotopic (exact) mass is 242 g/mol. The fourth-order valence-corrected chi connectivity index (χ4v) is 3.11. The van der Waals surface area contributed by atoms with E-state index in [-0.39, 0.29) is 0 Å². The third-order valence-corrected chi connectivity index (χ3v) is 4.23. The molecule has 1 N–H and O–H groups in total. The Kier molecular flexibility index (Phi) is 2.38. The minimum absolute atomic E-state index is 0.400. The van der Waals surface area contributed by atoms with E-state index < -0.39 is 0 Å². The second-order valence-corrected chi connectivity index (χ2v) is 5.20. The van der Waals surface area contributed by atoms with Gasteiger partial charge in [-0.05, 0) is 30.9 Å². The Morgan fingerprint density at radius 1 is 1.33 bits per heavy atom.